The van der Waals surface area contributed by atoms with Crippen molar-refractivity contribution in [1.29, 1.82) is 0 Å². The Morgan fingerprint density at radius 2 is 1.64 bits per heavy atom. The first-order valence-electron chi connectivity index (χ1n) is 9.48. The van der Waals surface area contributed by atoms with E-state index in [1.807, 2.05) is 76.4 Å². The van der Waals surface area contributed by atoms with Gasteiger partial charge in [-0.1, -0.05) is 54.1 Å². The van der Waals surface area contributed by atoms with E-state index in [9.17, 15) is 0 Å². The molecule has 4 rings (SSSR count). The van der Waals surface area contributed by atoms with Gasteiger partial charge in [-0.2, -0.15) is 0 Å². The fraction of sp³-hybridized carbons (Fsp3) is 0.318. The summed E-state index contributed by atoms with van der Waals surface area (Å²) in [7, 11) is -0.500. The number of hydrogen-bond acceptors (Lipinski definition) is 3. The Bertz CT molecular complexity index is 969. The summed E-state index contributed by atoms with van der Waals surface area (Å²) in [6, 6.07) is 18.1. The van der Waals surface area contributed by atoms with Gasteiger partial charge in [-0.15, -0.1) is 0 Å². The summed E-state index contributed by atoms with van der Waals surface area (Å²) in [4.78, 5) is 4.89. The second-order valence-electron chi connectivity index (χ2n) is 8.20. The Labute approximate surface area is 171 Å². The fourth-order valence-corrected chi connectivity index (χ4v) is 3.46. The van der Waals surface area contributed by atoms with Gasteiger partial charge in [-0.25, -0.2) is 4.98 Å². The molecule has 1 fully saturated rings. The molecule has 0 bridgehead atoms. The van der Waals surface area contributed by atoms with Gasteiger partial charge in [0.05, 0.1) is 16.8 Å². The number of aromatic nitrogens is 2. The molecule has 6 heteroatoms. The molecule has 1 saturated heterocycles. The predicted molar refractivity (Wildman–Crippen MR) is 114 cm³/mol. The minimum atomic E-state index is -0.500. The lowest BCUT2D eigenvalue weighted by molar-refractivity contribution is 0.00578. The quantitative estimate of drug-likeness (QED) is 0.609. The van der Waals surface area contributed by atoms with Crippen LogP contribution in [-0.4, -0.2) is 27.9 Å². The molecule has 0 atom stereocenters. The SMILES string of the molecule is CC1(C)OB(c2cn(Cc3ccccc3)c(-c3cccc(Cl)c3)n2)OC1(C)C. The third-order valence-corrected chi connectivity index (χ3v) is 5.80. The Hall–Kier alpha value is -2.08. The molecule has 2 heterocycles. The van der Waals surface area contributed by atoms with Gasteiger partial charge >= 0.3 is 7.12 Å². The van der Waals surface area contributed by atoms with E-state index in [-0.39, 0.29) is 0 Å². The monoisotopic (exact) mass is 394 g/mol. The van der Waals surface area contributed by atoms with Crippen molar-refractivity contribution in [2.75, 3.05) is 0 Å². The molecule has 1 aromatic heterocycles. The topological polar surface area (TPSA) is 36.3 Å². The maximum absolute atomic E-state index is 6.23. The summed E-state index contributed by atoms with van der Waals surface area (Å²) in [6.07, 6.45) is 2.02. The molecule has 4 nitrogen and oxygen atoms in total. The summed E-state index contributed by atoms with van der Waals surface area (Å²) >= 11 is 6.23. The maximum atomic E-state index is 6.23. The van der Waals surface area contributed by atoms with Gasteiger partial charge in [-0.3, -0.25) is 0 Å². The number of hydrogen-bond donors (Lipinski definition) is 0. The number of benzene rings is 2. The molecule has 3 aromatic rings. The average Bonchev–Trinajstić information content (AvgIpc) is 3.14. The van der Waals surface area contributed by atoms with Crippen molar-refractivity contribution in [3.05, 3.63) is 71.4 Å². The molecule has 2 aromatic carbocycles. The van der Waals surface area contributed by atoms with Crippen molar-refractivity contribution in [1.82, 2.24) is 9.55 Å². The van der Waals surface area contributed by atoms with E-state index in [1.165, 1.54) is 5.56 Å². The number of rotatable bonds is 4. The largest absolute Gasteiger partial charge is 0.516 e. The third kappa shape index (κ3) is 3.62. The number of imidazole rings is 1. The zero-order chi connectivity index (χ0) is 19.9. The lowest BCUT2D eigenvalue weighted by Crippen LogP contribution is -2.41. The Kier molecular flexibility index (Phi) is 4.86. The molecule has 0 amide bonds. The van der Waals surface area contributed by atoms with Crippen molar-refractivity contribution < 1.29 is 9.31 Å². The summed E-state index contributed by atoms with van der Waals surface area (Å²) in [5.74, 6) is 0.844. The highest BCUT2D eigenvalue weighted by molar-refractivity contribution is 6.61. The summed E-state index contributed by atoms with van der Waals surface area (Å²) in [5, 5.41) is 0.684. The molecular formula is C22H24BClN2O2. The average molecular weight is 395 g/mol. The van der Waals surface area contributed by atoms with Crippen LogP contribution in [0.1, 0.15) is 33.3 Å². The number of halogens is 1. The number of nitrogens with zero attached hydrogens (tertiary/aromatic N) is 2. The first-order valence-corrected chi connectivity index (χ1v) is 9.85. The molecule has 0 aliphatic carbocycles. The van der Waals surface area contributed by atoms with Crippen LogP contribution in [0.25, 0.3) is 11.4 Å². The molecule has 0 saturated carbocycles. The molecule has 0 unspecified atom stereocenters. The van der Waals surface area contributed by atoms with Crippen LogP contribution in [-0.2, 0) is 15.9 Å². The molecular weight excluding hydrogens is 371 g/mol. The van der Waals surface area contributed by atoms with Crippen LogP contribution in [0.3, 0.4) is 0 Å². The highest BCUT2D eigenvalue weighted by Gasteiger charge is 2.52. The van der Waals surface area contributed by atoms with Crippen LogP contribution < -0.4 is 5.59 Å². The Morgan fingerprint density at radius 3 is 2.29 bits per heavy atom. The molecule has 1 aliphatic rings. The standard InChI is InChI=1S/C22H24BClN2O2/c1-21(2)22(3,4)28-23(27-21)19-15-26(14-16-9-6-5-7-10-16)20(25-19)17-11-8-12-18(24)13-17/h5-13,15H,14H2,1-4H3. The second-order valence-corrected chi connectivity index (χ2v) is 8.64. The highest BCUT2D eigenvalue weighted by atomic mass is 35.5. The van der Waals surface area contributed by atoms with Crippen molar-refractivity contribution in [2.45, 2.75) is 45.4 Å². The maximum Gasteiger partial charge on any atom is 0.516 e. The second kappa shape index (κ2) is 7.07. The zero-order valence-corrected chi connectivity index (χ0v) is 17.4. The van der Waals surface area contributed by atoms with Gasteiger partial charge in [0.1, 0.15) is 5.82 Å². The van der Waals surface area contributed by atoms with E-state index < -0.39 is 18.3 Å². The van der Waals surface area contributed by atoms with Crippen molar-refractivity contribution >= 4 is 24.3 Å². The van der Waals surface area contributed by atoms with Crippen LogP contribution in [0.5, 0.6) is 0 Å². The normalized spacial score (nSPS) is 17.8. The third-order valence-electron chi connectivity index (χ3n) is 5.57. The van der Waals surface area contributed by atoms with Crippen LogP contribution in [0.15, 0.2) is 60.8 Å². The van der Waals surface area contributed by atoms with E-state index >= 15 is 0 Å². The van der Waals surface area contributed by atoms with E-state index in [2.05, 4.69) is 16.7 Å². The van der Waals surface area contributed by atoms with Gasteiger partial charge in [-0.05, 0) is 45.4 Å². The van der Waals surface area contributed by atoms with E-state index in [0.717, 1.165) is 17.0 Å². The minimum absolute atomic E-state index is 0.406. The first kappa shape index (κ1) is 19.3. The minimum Gasteiger partial charge on any atom is -0.398 e. The van der Waals surface area contributed by atoms with Gasteiger partial charge in [0.15, 0.2) is 0 Å². The van der Waals surface area contributed by atoms with Gasteiger partial charge < -0.3 is 13.9 Å². The molecule has 28 heavy (non-hydrogen) atoms. The smallest absolute Gasteiger partial charge is 0.398 e. The van der Waals surface area contributed by atoms with Gasteiger partial charge in [0, 0.05) is 23.3 Å². The highest BCUT2D eigenvalue weighted by Crippen LogP contribution is 2.36. The molecule has 0 radical (unpaired) electrons. The van der Waals surface area contributed by atoms with Crippen molar-refractivity contribution in [3.63, 3.8) is 0 Å². The lowest BCUT2D eigenvalue weighted by Gasteiger charge is -2.32. The first-order chi connectivity index (χ1) is 13.2. The van der Waals surface area contributed by atoms with E-state index in [4.69, 9.17) is 25.9 Å². The van der Waals surface area contributed by atoms with Crippen LogP contribution in [0.2, 0.25) is 5.02 Å². The molecule has 1 aliphatic heterocycles. The van der Waals surface area contributed by atoms with Crippen LogP contribution >= 0.6 is 11.6 Å². The predicted octanol–water partition coefficient (Wildman–Crippen LogP) is 4.55. The Morgan fingerprint density at radius 1 is 0.964 bits per heavy atom. The lowest BCUT2D eigenvalue weighted by atomic mass is 9.86. The fourth-order valence-electron chi connectivity index (χ4n) is 3.27. The molecule has 0 spiro atoms. The zero-order valence-electron chi connectivity index (χ0n) is 16.6. The van der Waals surface area contributed by atoms with Gasteiger partial charge in [0.25, 0.3) is 0 Å². The van der Waals surface area contributed by atoms with Crippen LogP contribution in [0, 0.1) is 0 Å². The molecule has 0 N–H and O–H groups in total. The van der Waals surface area contributed by atoms with E-state index in [0.29, 0.717) is 11.6 Å². The summed E-state index contributed by atoms with van der Waals surface area (Å²) < 4.78 is 14.5. The summed E-state index contributed by atoms with van der Waals surface area (Å²) in [6.45, 7) is 8.89. The van der Waals surface area contributed by atoms with Crippen molar-refractivity contribution in [2.24, 2.45) is 0 Å². The van der Waals surface area contributed by atoms with Crippen molar-refractivity contribution in [3.8, 4) is 11.4 Å². The Balaban J connectivity index is 1.74. The molecule has 144 valence electrons. The van der Waals surface area contributed by atoms with Crippen LogP contribution in [0.4, 0.5) is 0 Å². The van der Waals surface area contributed by atoms with Gasteiger partial charge in [0.2, 0.25) is 0 Å². The summed E-state index contributed by atoms with van der Waals surface area (Å²) in [5.41, 5.74) is 2.12. The van der Waals surface area contributed by atoms with E-state index in [1.54, 1.807) is 0 Å².